The topological polar surface area (TPSA) is 79.6 Å². The number of aromatic nitrogens is 3. The molecule has 0 aliphatic rings. The molecule has 0 saturated heterocycles. The first-order valence-corrected chi connectivity index (χ1v) is 4.74. The van der Waals surface area contributed by atoms with Crippen LogP contribution in [-0.2, 0) is 0 Å². The summed E-state index contributed by atoms with van der Waals surface area (Å²) in [4.78, 5) is 3.92. The fourth-order valence-corrected chi connectivity index (χ4v) is 1.37. The van der Waals surface area contributed by atoms with Gasteiger partial charge in [0.05, 0.1) is 10.7 Å². The monoisotopic (exact) mass is 223 g/mol. The molecule has 0 amide bonds. The molecule has 15 heavy (non-hydrogen) atoms. The molecule has 0 unspecified atom stereocenters. The molecular formula is C9H10ClN5. The highest BCUT2D eigenvalue weighted by Gasteiger charge is 2.05. The summed E-state index contributed by atoms with van der Waals surface area (Å²) in [5, 5.41) is 10.0. The van der Waals surface area contributed by atoms with E-state index in [4.69, 9.17) is 17.3 Å². The highest BCUT2D eigenvalue weighted by atomic mass is 35.5. The first kappa shape index (κ1) is 9.79. The van der Waals surface area contributed by atoms with E-state index in [1.165, 1.54) is 0 Å². The minimum atomic E-state index is 0.265. The van der Waals surface area contributed by atoms with Crippen molar-refractivity contribution in [3.05, 3.63) is 28.8 Å². The molecule has 0 aliphatic carbocycles. The Balaban J connectivity index is 2.28. The number of aromatic amines is 1. The minimum Gasteiger partial charge on any atom is -0.368 e. The van der Waals surface area contributed by atoms with Gasteiger partial charge in [-0.1, -0.05) is 23.7 Å². The second kappa shape index (κ2) is 3.78. The summed E-state index contributed by atoms with van der Waals surface area (Å²) in [6.45, 7) is 1.93. The molecule has 0 bridgehead atoms. The van der Waals surface area contributed by atoms with Crippen molar-refractivity contribution in [2.75, 3.05) is 11.1 Å². The van der Waals surface area contributed by atoms with E-state index in [1.807, 2.05) is 25.1 Å². The molecule has 0 aliphatic heterocycles. The summed E-state index contributed by atoms with van der Waals surface area (Å²) in [6, 6.07) is 5.68. The smallest absolute Gasteiger partial charge is 0.248 e. The maximum Gasteiger partial charge on any atom is 0.248 e. The Morgan fingerprint density at radius 3 is 2.93 bits per heavy atom. The van der Waals surface area contributed by atoms with Crippen LogP contribution in [0.1, 0.15) is 5.56 Å². The van der Waals surface area contributed by atoms with Gasteiger partial charge in [0.1, 0.15) is 0 Å². The Kier molecular flexibility index (Phi) is 2.47. The van der Waals surface area contributed by atoms with Crippen LogP contribution in [0.4, 0.5) is 17.6 Å². The predicted molar refractivity (Wildman–Crippen MR) is 60.3 cm³/mol. The Labute approximate surface area is 91.7 Å². The highest BCUT2D eigenvalue weighted by molar-refractivity contribution is 6.34. The van der Waals surface area contributed by atoms with Crippen LogP contribution in [0.5, 0.6) is 0 Å². The second-order valence-electron chi connectivity index (χ2n) is 3.11. The van der Waals surface area contributed by atoms with Gasteiger partial charge < -0.3 is 11.1 Å². The first-order valence-electron chi connectivity index (χ1n) is 4.37. The van der Waals surface area contributed by atoms with Crippen molar-refractivity contribution in [3.8, 4) is 0 Å². The molecule has 1 aromatic heterocycles. The number of anilines is 3. The number of nitrogens with zero attached hydrogens (tertiary/aromatic N) is 2. The van der Waals surface area contributed by atoms with Gasteiger partial charge >= 0.3 is 0 Å². The molecule has 0 fully saturated rings. The van der Waals surface area contributed by atoms with E-state index in [0.29, 0.717) is 11.0 Å². The Bertz CT molecular complexity index is 479. The Morgan fingerprint density at radius 2 is 2.27 bits per heavy atom. The largest absolute Gasteiger partial charge is 0.368 e. The zero-order valence-corrected chi connectivity index (χ0v) is 8.84. The molecule has 6 heteroatoms. The zero-order chi connectivity index (χ0) is 10.8. The molecular weight excluding hydrogens is 214 g/mol. The molecule has 1 heterocycles. The van der Waals surface area contributed by atoms with E-state index in [-0.39, 0.29) is 5.95 Å². The number of hydrogen-bond donors (Lipinski definition) is 3. The van der Waals surface area contributed by atoms with Gasteiger partial charge in [-0.3, -0.25) is 0 Å². The lowest BCUT2D eigenvalue weighted by Crippen LogP contribution is -1.94. The third-order valence-corrected chi connectivity index (χ3v) is 2.44. The van der Waals surface area contributed by atoms with Crippen LogP contribution in [0.15, 0.2) is 18.2 Å². The lowest BCUT2D eigenvalue weighted by molar-refractivity contribution is 1.10. The standard InChI is InChI=1S/C9H10ClN5/c1-5-3-2-4-6(7(5)10)12-9-13-8(11)14-15-9/h2-4H,1H3,(H4,11,12,13,14,15). The molecule has 2 aromatic rings. The van der Waals surface area contributed by atoms with Crippen LogP contribution >= 0.6 is 11.6 Å². The van der Waals surface area contributed by atoms with Crippen molar-refractivity contribution in [2.24, 2.45) is 0 Å². The molecule has 0 spiro atoms. The number of nitrogens with one attached hydrogen (secondary N) is 2. The Morgan fingerprint density at radius 1 is 1.47 bits per heavy atom. The van der Waals surface area contributed by atoms with Crippen molar-refractivity contribution >= 4 is 29.2 Å². The summed E-state index contributed by atoms with van der Waals surface area (Å²) < 4.78 is 0. The van der Waals surface area contributed by atoms with Crippen LogP contribution in [0.2, 0.25) is 5.02 Å². The third-order valence-electron chi connectivity index (χ3n) is 1.94. The maximum atomic E-state index is 6.09. The van der Waals surface area contributed by atoms with Gasteiger partial charge in [0.25, 0.3) is 0 Å². The summed E-state index contributed by atoms with van der Waals surface area (Å²) >= 11 is 6.09. The number of aryl methyl sites for hydroxylation is 1. The van der Waals surface area contributed by atoms with Gasteiger partial charge in [-0.2, -0.15) is 4.98 Å². The van der Waals surface area contributed by atoms with E-state index in [1.54, 1.807) is 0 Å². The molecule has 0 saturated carbocycles. The summed E-state index contributed by atoms with van der Waals surface area (Å²) in [7, 11) is 0. The fraction of sp³-hybridized carbons (Fsp3) is 0.111. The molecule has 2 rings (SSSR count). The quantitative estimate of drug-likeness (QED) is 0.728. The van der Waals surface area contributed by atoms with Crippen molar-refractivity contribution in [1.82, 2.24) is 15.2 Å². The van der Waals surface area contributed by atoms with Crippen LogP contribution < -0.4 is 11.1 Å². The number of nitrogen functional groups attached to an aromatic ring is 1. The number of benzene rings is 1. The van der Waals surface area contributed by atoms with Gasteiger partial charge in [0.2, 0.25) is 11.9 Å². The number of halogens is 1. The van der Waals surface area contributed by atoms with Crippen molar-refractivity contribution in [3.63, 3.8) is 0 Å². The average Bonchev–Trinajstić information content (AvgIpc) is 2.59. The van der Waals surface area contributed by atoms with Gasteiger partial charge in [-0.15, -0.1) is 5.10 Å². The number of H-pyrrole nitrogens is 1. The lowest BCUT2D eigenvalue weighted by Gasteiger charge is -2.05. The predicted octanol–water partition coefficient (Wildman–Crippen LogP) is 2.09. The van der Waals surface area contributed by atoms with Crippen LogP contribution in [0, 0.1) is 6.92 Å². The van der Waals surface area contributed by atoms with E-state index in [0.717, 1.165) is 11.3 Å². The highest BCUT2D eigenvalue weighted by Crippen LogP contribution is 2.26. The molecule has 1 aromatic carbocycles. The van der Waals surface area contributed by atoms with Gasteiger partial charge in [-0.05, 0) is 18.6 Å². The van der Waals surface area contributed by atoms with Crippen molar-refractivity contribution in [2.45, 2.75) is 6.92 Å². The van der Waals surface area contributed by atoms with E-state index >= 15 is 0 Å². The molecule has 0 atom stereocenters. The van der Waals surface area contributed by atoms with Crippen LogP contribution in [-0.4, -0.2) is 15.2 Å². The summed E-state index contributed by atoms with van der Waals surface area (Å²) in [5.41, 5.74) is 7.15. The summed E-state index contributed by atoms with van der Waals surface area (Å²) in [5.74, 6) is 0.668. The molecule has 5 nitrogen and oxygen atoms in total. The molecule has 0 radical (unpaired) electrons. The van der Waals surface area contributed by atoms with Gasteiger partial charge in [-0.25, -0.2) is 5.10 Å². The third kappa shape index (κ3) is 2.02. The second-order valence-corrected chi connectivity index (χ2v) is 3.48. The normalized spacial score (nSPS) is 10.3. The lowest BCUT2D eigenvalue weighted by atomic mass is 10.2. The van der Waals surface area contributed by atoms with Gasteiger partial charge in [0, 0.05) is 0 Å². The van der Waals surface area contributed by atoms with Crippen molar-refractivity contribution < 1.29 is 0 Å². The molecule has 4 N–H and O–H groups in total. The van der Waals surface area contributed by atoms with Crippen LogP contribution in [0.3, 0.4) is 0 Å². The maximum absolute atomic E-state index is 6.09. The average molecular weight is 224 g/mol. The minimum absolute atomic E-state index is 0.265. The van der Waals surface area contributed by atoms with Crippen molar-refractivity contribution in [1.29, 1.82) is 0 Å². The van der Waals surface area contributed by atoms with E-state index < -0.39 is 0 Å². The fourth-order valence-electron chi connectivity index (χ4n) is 1.19. The number of rotatable bonds is 2. The number of hydrogen-bond acceptors (Lipinski definition) is 4. The first-order chi connectivity index (χ1) is 7.16. The van der Waals surface area contributed by atoms with Gasteiger partial charge in [0.15, 0.2) is 0 Å². The Hall–Kier alpha value is -1.75. The van der Waals surface area contributed by atoms with E-state index in [9.17, 15) is 0 Å². The summed E-state index contributed by atoms with van der Waals surface area (Å²) in [6.07, 6.45) is 0. The van der Waals surface area contributed by atoms with E-state index in [2.05, 4.69) is 20.5 Å². The zero-order valence-electron chi connectivity index (χ0n) is 8.08. The molecule has 78 valence electrons. The SMILES string of the molecule is Cc1cccc(Nc2n[nH]c(N)n2)c1Cl. The number of nitrogens with two attached hydrogens (primary N) is 1. The van der Waals surface area contributed by atoms with Crippen LogP contribution in [0.25, 0.3) is 0 Å².